The number of rotatable bonds is 1. The van der Waals surface area contributed by atoms with Gasteiger partial charge in [-0.15, -0.1) is 0 Å². The number of fused-ring (bicyclic) bond motifs is 3. The lowest BCUT2D eigenvalue weighted by atomic mass is 9.98. The van der Waals surface area contributed by atoms with Crippen LogP contribution >= 0.6 is 0 Å². The van der Waals surface area contributed by atoms with Crippen molar-refractivity contribution in [1.29, 1.82) is 0 Å². The average Bonchev–Trinajstić information content (AvgIpc) is 3.02. The minimum absolute atomic E-state index is 1.02. The largest absolute Gasteiger partial charge is 0.0587 e. The molecule has 1 aliphatic rings. The van der Waals surface area contributed by atoms with E-state index in [0.717, 1.165) is 6.42 Å². The third kappa shape index (κ3) is 2.46. The van der Waals surface area contributed by atoms with E-state index in [-0.39, 0.29) is 0 Å². The van der Waals surface area contributed by atoms with Gasteiger partial charge in [-0.05, 0) is 76.2 Å². The number of hydrogen-bond acceptors (Lipinski definition) is 0. The van der Waals surface area contributed by atoms with Crippen molar-refractivity contribution in [1.82, 2.24) is 0 Å². The molecule has 0 radical (unpaired) electrons. The van der Waals surface area contributed by atoms with E-state index in [4.69, 9.17) is 0 Å². The summed E-state index contributed by atoms with van der Waals surface area (Å²) in [7, 11) is 0. The van der Waals surface area contributed by atoms with Crippen molar-refractivity contribution in [2.45, 2.75) is 20.3 Å². The predicted molar refractivity (Wildman–Crippen MR) is 109 cm³/mol. The molecule has 4 aromatic rings. The molecule has 0 saturated carbocycles. The minimum Gasteiger partial charge on any atom is -0.0587 e. The predicted octanol–water partition coefficient (Wildman–Crippen LogP) is 6.71. The van der Waals surface area contributed by atoms with Gasteiger partial charge in [-0.25, -0.2) is 0 Å². The Kier molecular flexibility index (Phi) is 3.08. The van der Waals surface area contributed by atoms with Crippen LogP contribution in [0.2, 0.25) is 0 Å². The second-order valence-corrected chi connectivity index (χ2v) is 7.31. The molecule has 0 nitrogen and oxygen atoms in total. The van der Waals surface area contributed by atoms with Crippen LogP contribution in [0.3, 0.4) is 0 Å². The molecule has 4 aromatic carbocycles. The fraction of sp³-hybridized carbons (Fsp3) is 0.120. The highest BCUT2D eigenvalue weighted by Crippen LogP contribution is 2.35. The van der Waals surface area contributed by atoms with Gasteiger partial charge in [0.25, 0.3) is 0 Å². The second kappa shape index (κ2) is 5.32. The number of benzene rings is 4. The molecule has 0 atom stereocenters. The maximum Gasteiger partial charge on any atom is -0.00134 e. The van der Waals surface area contributed by atoms with Gasteiger partial charge < -0.3 is 0 Å². The van der Waals surface area contributed by atoms with Crippen molar-refractivity contribution in [3.63, 3.8) is 0 Å². The number of allylic oxidation sites excluding steroid dienone is 1. The van der Waals surface area contributed by atoms with Crippen molar-refractivity contribution in [3.8, 4) is 0 Å². The molecule has 25 heavy (non-hydrogen) atoms. The monoisotopic (exact) mass is 320 g/mol. The van der Waals surface area contributed by atoms with Crippen LogP contribution in [0.5, 0.6) is 0 Å². The topological polar surface area (TPSA) is 0 Å². The summed E-state index contributed by atoms with van der Waals surface area (Å²) < 4.78 is 0. The van der Waals surface area contributed by atoms with Gasteiger partial charge in [0.15, 0.2) is 0 Å². The van der Waals surface area contributed by atoms with Crippen LogP contribution in [0.1, 0.15) is 27.8 Å². The summed E-state index contributed by atoms with van der Waals surface area (Å²) in [5.74, 6) is 0. The summed E-state index contributed by atoms with van der Waals surface area (Å²) in [5.41, 5.74) is 8.21. The Balaban J connectivity index is 1.59. The quantitative estimate of drug-likeness (QED) is 0.366. The van der Waals surface area contributed by atoms with E-state index >= 15 is 0 Å². The lowest BCUT2D eigenvalue weighted by Gasteiger charge is -2.06. The Labute approximate surface area is 148 Å². The summed E-state index contributed by atoms with van der Waals surface area (Å²) >= 11 is 0. The van der Waals surface area contributed by atoms with Crippen LogP contribution < -0.4 is 0 Å². The van der Waals surface area contributed by atoms with Crippen molar-refractivity contribution in [2.75, 3.05) is 0 Å². The molecule has 0 N–H and O–H groups in total. The smallest absolute Gasteiger partial charge is 0.00134 e. The Morgan fingerprint density at radius 2 is 1.24 bits per heavy atom. The van der Waals surface area contributed by atoms with E-state index in [0.29, 0.717) is 0 Å². The van der Waals surface area contributed by atoms with Gasteiger partial charge in [0.05, 0.1) is 0 Å². The molecule has 0 heteroatoms. The van der Waals surface area contributed by atoms with Gasteiger partial charge in [0.1, 0.15) is 0 Å². The summed E-state index contributed by atoms with van der Waals surface area (Å²) in [5, 5.41) is 5.32. The van der Waals surface area contributed by atoms with E-state index in [9.17, 15) is 0 Å². The molecule has 5 rings (SSSR count). The van der Waals surface area contributed by atoms with E-state index in [2.05, 4.69) is 86.7 Å². The molecule has 0 aliphatic heterocycles. The first-order valence-corrected chi connectivity index (χ1v) is 8.90. The molecule has 0 bridgehead atoms. The zero-order valence-corrected chi connectivity index (χ0v) is 14.6. The van der Waals surface area contributed by atoms with Crippen LogP contribution in [0.4, 0.5) is 0 Å². The minimum atomic E-state index is 1.02. The van der Waals surface area contributed by atoms with Crippen LogP contribution in [0.15, 0.2) is 66.7 Å². The molecule has 0 spiro atoms. The fourth-order valence-electron chi connectivity index (χ4n) is 3.96. The van der Waals surface area contributed by atoms with Gasteiger partial charge >= 0.3 is 0 Å². The van der Waals surface area contributed by atoms with Crippen LogP contribution in [0.25, 0.3) is 33.2 Å². The third-order valence-corrected chi connectivity index (χ3v) is 5.33. The first-order valence-electron chi connectivity index (χ1n) is 8.90. The molecule has 1 aliphatic carbocycles. The first-order chi connectivity index (χ1) is 12.2. The standard InChI is InChI=1S/C25H20/c1-16-3-5-19-11-21(8-7-18(19)9-16)23-14-24-12-20-6-4-17(2)10-22(20)13-25(24)15-23/h3-14H,15H2,1-2H3. The van der Waals surface area contributed by atoms with Gasteiger partial charge in [0.2, 0.25) is 0 Å². The molecule has 0 unspecified atom stereocenters. The lowest BCUT2D eigenvalue weighted by Crippen LogP contribution is -1.87. The van der Waals surface area contributed by atoms with Gasteiger partial charge in [0, 0.05) is 0 Å². The molecular weight excluding hydrogens is 300 g/mol. The molecule has 0 saturated heterocycles. The SMILES string of the molecule is Cc1ccc2cc(C3=Cc4cc5ccc(C)cc5cc4C3)ccc2c1. The molecule has 0 amide bonds. The van der Waals surface area contributed by atoms with Gasteiger partial charge in [-0.2, -0.15) is 0 Å². The summed E-state index contributed by atoms with van der Waals surface area (Å²) in [6.07, 6.45) is 3.39. The number of hydrogen-bond donors (Lipinski definition) is 0. The van der Waals surface area contributed by atoms with Crippen molar-refractivity contribution in [2.24, 2.45) is 0 Å². The highest BCUT2D eigenvalue weighted by atomic mass is 14.2. The van der Waals surface area contributed by atoms with Gasteiger partial charge in [-0.3, -0.25) is 0 Å². The third-order valence-electron chi connectivity index (χ3n) is 5.33. The Bertz CT molecular complexity index is 1180. The molecule has 120 valence electrons. The van der Waals surface area contributed by atoms with Crippen LogP contribution in [-0.2, 0) is 6.42 Å². The highest BCUT2D eigenvalue weighted by Gasteiger charge is 2.15. The van der Waals surface area contributed by atoms with Crippen molar-refractivity contribution in [3.05, 3.63) is 94.5 Å². The summed E-state index contributed by atoms with van der Waals surface area (Å²) in [6.45, 7) is 4.31. The molecule has 0 heterocycles. The van der Waals surface area contributed by atoms with E-state index in [1.807, 2.05) is 0 Å². The zero-order chi connectivity index (χ0) is 17.0. The summed E-state index contributed by atoms with van der Waals surface area (Å²) in [6, 6.07) is 24.9. The molecule has 0 fully saturated rings. The first kappa shape index (κ1) is 14.5. The highest BCUT2D eigenvalue weighted by molar-refractivity contribution is 5.96. The van der Waals surface area contributed by atoms with Crippen molar-refractivity contribution < 1.29 is 0 Å². The Morgan fingerprint density at radius 3 is 2.04 bits per heavy atom. The second-order valence-electron chi connectivity index (χ2n) is 7.31. The normalized spacial score (nSPS) is 13.3. The molecule has 0 aromatic heterocycles. The summed E-state index contributed by atoms with van der Waals surface area (Å²) in [4.78, 5) is 0. The number of aryl methyl sites for hydroxylation is 2. The van der Waals surface area contributed by atoms with Crippen molar-refractivity contribution >= 4 is 33.2 Å². The fourth-order valence-corrected chi connectivity index (χ4v) is 3.96. The van der Waals surface area contributed by atoms with E-state index in [1.165, 1.54) is 54.9 Å². The maximum absolute atomic E-state index is 2.37. The lowest BCUT2D eigenvalue weighted by molar-refractivity contribution is 1.33. The van der Waals surface area contributed by atoms with E-state index in [1.54, 1.807) is 0 Å². The van der Waals surface area contributed by atoms with E-state index < -0.39 is 0 Å². The van der Waals surface area contributed by atoms with Crippen LogP contribution in [0, 0.1) is 13.8 Å². The zero-order valence-electron chi connectivity index (χ0n) is 14.6. The van der Waals surface area contributed by atoms with Gasteiger partial charge in [-0.1, -0.05) is 71.8 Å². The molecular formula is C25H20. The Morgan fingerprint density at radius 1 is 0.600 bits per heavy atom. The maximum atomic E-state index is 2.37. The average molecular weight is 320 g/mol. The van der Waals surface area contributed by atoms with Crippen LogP contribution in [-0.4, -0.2) is 0 Å². The Hall–Kier alpha value is -2.86.